The van der Waals surface area contributed by atoms with Crippen LogP contribution in [0.3, 0.4) is 0 Å². The Morgan fingerprint density at radius 2 is 2.18 bits per heavy atom. The Morgan fingerprint density at radius 1 is 1.41 bits per heavy atom. The molecule has 1 amide bonds. The Balaban J connectivity index is 2.57. The highest BCUT2D eigenvalue weighted by Gasteiger charge is 2.11. The second-order valence-corrected chi connectivity index (χ2v) is 5.35. The average molecular weight is 324 g/mol. The molecule has 5 nitrogen and oxygen atoms in total. The highest BCUT2D eigenvalue weighted by Crippen LogP contribution is 2.13. The number of aliphatic hydroxyl groups excluding tert-OH is 1. The van der Waals surface area contributed by atoms with Crippen molar-refractivity contribution in [1.29, 1.82) is 0 Å². The van der Waals surface area contributed by atoms with Crippen molar-refractivity contribution in [2.75, 3.05) is 13.2 Å². The lowest BCUT2D eigenvalue weighted by Crippen LogP contribution is -2.45. The molecule has 3 N–H and O–H groups in total. The van der Waals surface area contributed by atoms with Crippen molar-refractivity contribution in [1.82, 2.24) is 10.6 Å². The average Bonchev–Trinajstić information content (AvgIpc) is 2.53. The van der Waals surface area contributed by atoms with Crippen LogP contribution in [0.25, 0.3) is 0 Å². The van der Waals surface area contributed by atoms with Crippen molar-refractivity contribution in [3.05, 3.63) is 29.8 Å². The predicted molar refractivity (Wildman–Crippen MR) is 91.2 cm³/mol. The molecule has 0 saturated carbocycles. The topological polar surface area (TPSA) is 70.6 Å². The van der Waals surface area contributed by atoms with Gasteiger partial charge in [-0.15, -0.1) is 0 Å². The SMILES string of the molecule is CCCCOc1cccc(C(=O)NC(=S)NC(CC)CO)c1. The summed E-state index contributed by atoms with van der Waals surface area (Å²) in [5.41, 5.74) is 0.482. The van der Waals surface area contributed by atoms with Gasteiger partial charge in [-0.2, -0.15) is 0 Å². The van der Waals surface area contributed by atoms with Crippen LogP contribution in [-0.2, 0) is 0 Å². The lowest BCUT2D eigenvalue weighted by Gasteiger charge is -2.16. The molecule has 0 spiro atoms. The third-order valence-electron chi connectivity index (χ3n) is 3.14. The van der Waals surface area contributed by atoms with Gasteiger partial charge in [0.25, 0.3) is 5.91 Å². The summed E-state index contributed by atoms with van der Waals surface area (Å²) in [5, 5.41) is 14.8. The summed E-state index contributed by atoms with van der Waals surface area (Å²) in [4.78, 5) is 12.1. The molecule has 0 aromatic heterocycles. The van der Waals surface area contributed by atoms with E-state index in [1.165, 1.54) is 0 Å². The quantitative estimate of drug-likeness (QED) is 0.505. The zero-order chi connectivity index (χ0) is 16.4. The van der Waals surface area contributed by atoms with Crippen molar-refractivity contribution in [2.24, 2.45) is 0 Å². The number of carbonyl (C=O) groups is 1. The van der Waals surface area contributed by atoms with Crippen LogP contribution in [0.1, 0.15) is 43.5 Å². The molecule has 1 unspecified atom stereocenters. The maximum atomic E-state index is 12.1. The van der Waals surface area contributed by atoms with Gasteiger partial charge in [0.1, 0.15) is 5.75 Å². The Labute approximate surface area is 137 Å². The van der Waals surface area contributed by atoms with Crippen LogP contribution in [0.15, 0.2) is 24.3 Å². The molecule has 0 aliphatic heterocycles. The second-order valence-electron chi connectivity index (χ2n) is 4.95. The number of unbranched alkanes of at least 4 members (excludes halogenated alkanes) is 1. The van der Waals surface area contributed by atoms with E-state index in [0.717, 1.165) is 12.8 Å². The lowest BCUT2D eigenvalue weighted by molar-refractivity contribution is 0.0975. The van der Waals surface area contributed by atoms with Gasteiger partial charge in [-0.3, -0.25) is 10.1 Å². The number of thiocarbonyl (C=S) groups is 1. The van der Waals surface area contributed by atoms with E-state index in [4.69, 9.17) is 22.1 Å². The molecule has 22 heavy (non-hydrogen) atoms. The number of benzene rings is 1. The highest BCUT2D eigenvalue weighted by atomic mass is 32.1. The first-order valence-electron chi connectivity index (χ1n) is 7.56. The van der Waals surface area contributed by atoms with Crippen LogP contribution in [-0.4, -0.2) is 35.4 Å². The van der Waals surface area contributed by atoms with Gasteiger partial charge in [-0.1, -0.05) is 26.3 Å². The van der Waals surface area contributed by atoms with Crippen molar-refractivity contribution in [3.8, 4) is 5.75 Å². The van der Waals surface area contributed by atoms with E-state index in [1.54, 1.807) is 18.2 Å². The van der Waals surface area contributed by atoms with Crippen LogP contribution in [0.2, 0.25) is 0 Å². The van der Waals surface area contributed by atoms with Gasteiger partial charge in [0.05, 0.1) is 19.3 Å². The minimum absolute atomic E-state index is 0.0345. The third kappa shape index (κ3) is 6.41. The zero-order valence-corrected chi connectivity index (χ0v) is 13.9. The first kappa shape index (κ1) is 18.4. The molecule has 6 heteroatoms. The molecule has 1 aromatic carbocycles. The second kappa shape index (κ2) is 10.1. The molecule has 0 bridgehead atoms. The van der Waals surface area contributed by atoms with Crippen LogP contribution in [0.4, 0.5) is 0 Å². The zero-order valence-electron chi connectivity index (χ0n) is 13.1. The van der Waals surface area contributed by atoms with Gasteiger partial charge in [0.2, 0.25) is 0 Å². The van der Waals surface area contributed by atoms with Crippen LogP contribution in [0.5, 0.6) is 5.75 Å². The van der Waals surface area contributed by atoms with Gasteiger partial charge in [-0.05, 0) is 43.3 Å². The monoisotopic (exact) mass is 324 g/mol. The normalized spacial score (nSPS) is 11.6. The van der Waals surface area contributed by atoms with Crippen LogP contribution >= 0.6 is 12.2 Å². The number of ether oxygens (including phenoxy) is 1. The first-order chi connectivity index (χ1) is 10.6. The molecule has 0 aliphatic carbocycles. The number of aliphatic hydroxyl groups is 1. The van der Waals surface area contributed by atoms with Crippen molar-refractivity contribution < 1.29 is 14.6 Å². The molecule has 1 rings (SSSR count). The van der Waals surface area contributed by atoms with E-state index in [2.05, 4.69) is 17.6 Å². The standard InChI is InChI=1S/C16H24N2O3S/c1-3-5-9-21-14-8-6-7-12(10-14)15(20)18-16(22)17-13(4-2)11-19/h6-8,10,13,19H,3-5,9,11H2,1-2H3,(H2,17,18,20,22). The van der Waals surface area contributed by atoms with Gasteiger partial charge in [0.15, 0.2) is 5.11 Å². The number of hydrogen-bond acceptors (Lipinski definition) is 4. The number of rotatable bonds is 8. The van der Waals surface area contributed by atoms with Crippen LogP contribution < -0.4 is 15.4 Å². The summed E-state index contributed by atoms with van der Waals surface area (Å²) < 4.78 is 5.58. The summed E-state index contributed by atoms with van der Waals surface area (Å²) in [7, 11) is 0. The van der Waals surface area contributed by atoms with Crippen LogP contribution in [0, 0.1) is 0 Å². The lowest BCUT2D eigenvalue weighted by atomic mass is 10.2. The van der Waals surface area contributed by atoms with Gasteiger partial charge >= 0.3 is 0 Å². The molecule has 0 aliphatic rings. The van der Waals surface area contributed by atoms with Gasteiger partial charge in [0, 0.05) is 5.56 Å². The molecular weight excluding hydrogens is 300 g/mol. The largest absolute Gasteiger partial charge is 0.494 e. The Bertz CT molecular complexity index is 490. The number of carbonyl (C=O) groups excluding carboxylic acids is 1. The molecule has 0 saturated heterocycles. The Kier molecular flexibility index (Phi) is 8.47. The van der Waals surface area contributed by atoms with E-state index < -0.39 is 0 Å². The molecule has 1 atom stereocenters. The summed E-state index contributed by atoms with van der Waals surface area (Å²) in [6.45, 7) is 4.62. The van der Waals surface area contributed by atoms with Crippen molar-refractivity contribution in [2.45, 2.75) is 39.2 Å². The maximum absolute atomic E-state index is 12.1. The first-order valence-corrected chi connectivity index (χ1v) is 7.97. The van der Waals surface area contributed by atoms with Crippen molar-refractivity contribution in [3.63, 3.8) is 0 Å². The van der Waals surface area contributed by atoms with E-state index in [-0.39, 0.29) is 23.7 Å². The molecule has 122 valence electrons. The summed E-state index contributed by atoms with van der Waals surface area (Å²) in [6, 6.07) is 6.83. The van der Waals surface area contributed by atoms with E-state index in [9.17, 15) is 4.79 Å². The third-order valence-corrected chi connectivity index (χ3v) is 3.36. The fourth-order valence-electron chi connectivity index (χ4n) is 1.74. The summed E-state index contributed by atoms with van der Waals surface area (Å²) >= 11 is 5.07. The van der Waals surface area contributed by atoms with Gasteiger partial charge in [-0.25, -0.2) is 0 Å². The fraction of sp³-hybridized carbons (Fsp3) is 0.500. The van der Waals surface area contributed by atoms with Crippen molar-refractivity contribution >= 4 is 23.2 Å². The number of amides is 1. The Hall–Kier alpha value is -1.66. The highest BCUT2D eigenvalue weighted by molar-refractivity contribution is 7.80. The summed E-state index contributed by atoms with van der Waals surface area (Å²) in [6.07, 6.45) is 2.75. The van der Waals surface area contributed by atoms with Gasteiger partial charge < -0.3 is 15.2 Å². The molecular formula is C16H24N2O3S. The summed E-state index contributed by atoms with van der Waals surface area (Å²) in [5.74, 6) is 0.369. The molecule has 1 aromatic rings. The fourth-order valence-corrected chi connectivity index (χ4v) is 1.99. The number of hydrogen-bond donors (Lipinski definition) is 3. The van der Waals surface area contributed by atoms with E-state index >= 15 is 0 Å². The van der Waals surface area contributed by atoms with E-state index in [1.807, 2.05) is 13.0 Å². The number of nitrogens with one attached hydrogen (secondary N) is 2. The minimum atomic E-state index is -0.300. The maximum Gasteiger partial charge on any atom is 0.257 e. The smallest absolute Gasteiger partial charge is 0.257 e. The Morgan fingerprint density at radius 3 is 2.82 bits per heavy atom. The molecule has 0 heterocycles. The molecule has 0 radical (unpaired) electrons. The molecule has 0 fully saturated rings. The van der Waals surface area contributed by atoms with E-state index in [0.29, 0.717) is 24.3 Å². The minimum Gasteiger partial charge on any atom is -0.494 e. The predicted octanol–water partition coefficient (Wildman–Crippen LogP) is 2.24.